The summed E-state index contributed by atoms with van der Waals surface area (Å²) in [5.74, 6) is -0.686. The number of nitrogens with one attached hydrogen (secondary N) is 2. The number of benzene rings is 2. The second-order valence-corrected chi connectivity index (χ2v) is 7.55. The van der Waals surface area contributed by atoms with E-state index in [1.807, 2.05) is 4.72 Å². The van der Waals surface area contributed by atoms with Crippen molar-refractivity contribution in [1.29, 1.82) is 0 Å². The largest absolute Gasteiger partial charge is 0.416 e. The molecule has 8 nitrogen and oxygen atoms in total. The molecule has 12 heteroatoms. The first-order chi connectivity index (χ1) is 13.6. The summed E-state index contributed by atoms with van der Waals surface area (Å²) < 4.78 is 66.1. The van der Waals surface area contributed by atoms with E-state index in [1.54, 1.807) is 24.3 Å². The maximum absolute atomic E-state index is 12.7. The summed E-state index contributed by atoms with van der Waals surface area (Å²) in [6.45, 7) is -0.649. The molecule has 0 fully saturated rings. The molecule has 0 aliphatic rings. The predicted octanol–water partition coefficient (Wildman–Crippen LogP) is 2.20. The average molecular weight is 425 g/mol. The highest BCUT2D eigenvalue weighted by Crippen LogP contribution is 2.30. The first-order valence-corrected chi connectivity index (χ1v) is 9.55. The minimum Gasteiger partial charge on any atom is -0.325 e. The number of halogens is 3. The van der Waals surface area contributed by atoms with Crippen molar-refractivity contribution in [3.8, 4) is 5.69 Å². The van der Waals surface area contributed by atoms with Crippen LogP contribution in [0, 0.1) is 0 Å². The van der Waals surface area contributed by atoms with Crippen molar-refractivity contribution in [2.75, 3.05) is 11.9 Å². The summed E-state index contributed by atoms with van der Waals surface area (Å²) in [4.78, 5) is 15.2. The van der Waals surface area contributed by atoms with Crippen molar-refractivity contribution in [1.82, 2.24) is 19.5 Å². The van der Waals surface area contributed by atoms with E-state index < -0.39 is 39.1 Å². The number of amides is 1. The van der Waals surface area contributed by atoms with Gasteiger partial charge in [-0.15, -0.1) is 0 Å². The van der Waals surface area contributed by atoms with Crippen molar-refractivity contribution in [3.63, 3.8) is 0 Å². The third kappa shape index (κ3) is 5.18. The molecule has 29 heavy (non-hydrogen) atoms. The molecule has 2 N–H and O–H groups in total. The Kier molecular flexibility index (Phi) is 5.66. The van der Waals surface area contributed by atoms with Crippen molar-refractivity contribution in [2.24, 2.45) is 0 Å². The Bertz CT molecular complexity index is 1100. The maximum Gasteiger partial charge on any atom is 0.416 e. The highest BCUT2D eigenvalue weighted by molar-refractivity contribution is 7.89. The van der Waals surface area contributed by atoms with Gasteiger partial charge in [-0.1, -0.05) is 6.07 Å². The molecule has 0 saturated carbocycles. The molecule has 0 aliphatic heterocycles. The molecule has 0 unspecified atom stereocenters. The van der Waals surface area contributed by atoms with Gasteiger partial charge in [0.25, 0.3) is 0 Å². The number of nitrogens with zero attached hydrogens (tertiary/aromatic N) is 3. The van der Waals surface area contributed by atoms with E-state index in [1.165, 1.54) is 17.3 Å². The van der Waals surface area contributed by atoms with Crippen LogP contribution < -0.4 is 10.0 Å². The summed E-state index contributed by atoms with van der Waals surface area (Å²) in [6.07, 6.45) is -1.82. The van der Waals surface area contributed by atoms with Crippen molar-refractivity contribution >= 4 is 21.6 Å². The standard InChI is InChI=1S/C17H14F3N5O3S/c18-17(19,20)12-2-1-3-15(8-12)29(27,28)23-9-16(26)24-13-4-6-14(7-5-13)25-11-21-10-22-25/h1-8,10-11,23H,9H2,(H,24,26). The van der Waals surface area contributed by atoms with Crippen LogP contribution in [0.15, 0.2) is 66.1 Å². The zero-order valence-electron chi connectivity index (χ0n) is 14.6. The lowest BCUT2D eigenvalue weighted by molar-refractivity contribution is -0.137. The van der Waals surface area contributed by atoms with E-state index in [0.29, 0.717) is 17.4 Å². The van der Waals surface area contributed by atoms with E-state index >= 15 is 0 Å². The molecule has 0 aliphatic carbocycles. The third-order valence-corrected chi connectivity index (χ3v) is 5.13. The summed E-state index contributed by atoms with van der Waals surface area (Å²) >= 11 is 0. The predicted molar refractivity (Wildman–Crippen MR) is 96.6 cm³/mol. The molecule has 0 spiro atoms. The number of carbonyl (C=O) groups excluding carboxylic acids is 1. The zero-order chi connectivity index (χ0) is 21.1. The van der Waals surface area contributed by atoms with Gasteiger partial charge in [0.2, 0.25) is 15.9 Å². The second kappa shape index (κ2) is 8.01. The Morgan fingerprint density at radius 3 is 2.45 bits per heavy atom. The molecule has 1 aromatic heterocycles. The Labute approximate surface area is 163 Å². The lowest BCUT2D eigenvalue weighted by Crippen LogP contribution is -2.33. The quantitative estimate of drug-likeness (QED) is 0.630. The molecular formula is C17H14F3N5O3S. The van der Waals surface area contributed by atoms with Gasteiger partial charge in [-0.05, 0) is 42.5 Å². The molecule has 0 radical (unpaired) electrons. The second-order valence-electron chi connectivity index (χ2n) is 5.79. The van der Waals surface area contributed by atoms with Crippen LogP contribution in [0.3, 0.4) is 0 Å². The Morgan fingerprint density at radius 2 is 1.83 bits per heavy atom. The number of alkyl halides is 3. The number of sulfonamides is 1. The monoisotopic (exact) mass is 425 g/mol. The van der Waals surface area contributed by atoms with Crippen LogP contribution in [-0.2, 0) is 21.0 Å². The molecule has 0 saturated heterocycles. The molecule has 0 atom stereocenters. The van der Waals surface area contributed by atoms with Crippen LogP contribution in [0.1, 0.15) is 5.56 Å². The van der Waals surface area contributed by atoms with E-state index in [2.05, 4.69) is 15.4 Å². The van der Waals surface area contributed by atoms with E-state index in [4.69, 9.17) is 0 Å². The number of hydrogen-bond donors (Lipinski definition) is 2. The SMILES string of the molecule is O=C(CNS(=O)(=O)c1cccc(C(F)(F)F)c1)Nc1ccc(-n2cncn2)cc1. The topological polar surface area (TPSA) is 106 Å². The first-order valence-electron chi connectivity index (χ1n) is 8.07. The number of hydrogen-bond acceptors (Lipinski definition) is 5. The molecule has 3 rings (SSSR count). The van der Waals surface area contributed by atoms with Crippen LogP contribution in [-0.4, -0.2) is 35.6 Å². The fourth-order valence-corrected chi connectivity index (χ4v) is 3.36. The normalized spacial score (nSPS) is 12.0. The first kappa shape index (κ1) is 20.5. The smallest absolute Gasteiger partial charge is 0.325 e. The van der Waals surface area contributed by atoms with Gasteiger partial charge in [0.15, 0.2) is 0 Å². The van der Waals surface area contributed by atoms with Crippen molar-refractivity contribution in [2.45, 2.75) is 11.1 Å². The highest BCUT2D eigenvalue weighted by atomic mass is 32.2. The van der Waals surface area contributed by atoms with E-state index in [0.717, 1.165) is 18.2 Å². The Balaban J connectivity index is 1.61. The van der Waals surface area contributed by atoms with Gasteiger partial charge < -0.3 is 5.32 Å². The Morgan fingerprint density at radius 1 is 1.10 bits per heavy atom. The van der Waals surface area contributed by atoms with Crippen LogP contribution >= 0.6 is 0 Å². The van der Waals surface area contributed by atoms with Gasteiger partial charge in [-0.3, -0.25) is 4.79 Å². The van der Waals surface area contributed by atoms with Gasteiger partial charge in [0.1, 0.15) is 12.7 Å². The lowest BCUT2D eigenvalue weighted by Gasteiger charge is -2.11. The van der Waals surface area contributed by atoms with Crippen LogP contribution in [0.5, 0.6) is 0 Å². The van der Waals surface area contributed by atoms with E-state index in [9.17, 15) is 26.4 Å². The molecular weight excluding hydrogens is 411 g/mol. The molecule has 3 aromatic rings. The minimum absolute atomic E-state index is 0.400. The number of carbonyl (C=O) groups is 1. The summed E-state index contributed by atoms with van der Waals surface area (Å²) in [7, 11) is -4.30. The van der Waals surface area contributed by atoms with Crippen LogP contribution in [0.4, 0.5) is 18.9 Å². The van der Waals surface area contributed by atoms with Crippen LogP contribution in [0.2, 0.25) is 0 Å². The van der Waals surface area contributed by atoms with E-state index in [-0.39, 0.29) is 0 Å². The van der Waals surface area contributed by atoms with Gasteiger partial charge in [-0.2, -0.15) is 18.3 Å². The summed E-state index contributed by atoms with van der Waals surface area (Å²) in [5.41, 5.74) is 0.000165. The van der Waals surface area contributed by atoms with Crippen LogP contribution in [0.25, 0.3) is 5.69 Å². The number of rotatable bonds is 6. The minimum atomic E-state index is -4.68. The highest BCUT2D eigenvalue weighted by Gasteiger charge is 2.31. The van der Waals surface area contributed by atoms with Gasteiger partial charge in [0, 0.05) is 5.69 Å². The molecule has 0 bridgehead atoms. The molecule has 2 aromatic carbocycles. The van der Waals surface area contributed by atoms with Crippen molar-refractivity contribution in [3.05, 3.63) is 66.7 Å². The summed E-state index contributed by atoms with van der Waals surface area (Å²) in [5, 5.41) is 6.44. The van der Waals surface area contributed by atoms with Crippen molar-refractivity contribution < 1.29 is 26.4 Å². The molecule has 152 valence electrons. The maximum atomic E-state index is 12.7. The lowest BCUT2D eigenvalue weighted by atomic mass is 10.2. The Hall–Kier alpha value is -3.25. The fraction of sp³-hybridized carbons (Fsp3) is 0.118. The fourth-order valence-electron chi connectivity index (χ4n) is 2.33. The average Bonchev–Trinajstić information content (AvgIpc) is 3.21. The molecule has 1 heterocycles. The summed E-state index contributed by atoms with van der Waals surface area (Å²) in [6, 6.07) is 9.74. The number of aromatic nitrogens is 3. The van der Waals surface area contributed by atoms with Gasteiger partial charge >= 0.3 is 6.18 Å². The molecule has 1 amide bonds. The zero-order valence-corrected chi connectivity index (χ0v) is 15.4. The third-order valence-electron chi connectivity index (χ3n) is 3.73. The van der Waals surface area contributed by atoms with Gasteiger partial charge in [0.05, 0.1) is 22.7 Å². The number of anilines is 1. The van der Waals surface area contributed by atoms with Gasteiger partial charge in [-0.25, -0.2) is 22.8 Å².